The summed E-state index contributed by atoms with van der Waals surface area (Å²) >= 11 is 0. The minimum absolute atomic E-state index is 0.145. The molecule has 0 bridgehead atoms. The summed E-state index contributed by atoms with van der Waals surface area (Å²) in [5, 5.41) is 11.6. The van der Waals surface area contributed by atoms with Gasteiger partial charge in [-0.05, 0) is 26.1 Å². The molecule has 0 aromatic heterocycles. The van der Waals surface area contributed by atoms with Crippen molar-refractivity contribution >= 4 is 5.84 Å². The van der Waals surface area contributed by atoms with Gasteiger partial charge in [-0.15, -0.1) is 0 Å². The van der Waals surface area contributed by atoms with Gasteiger partial charge in [0.25, 0.3) is 0 Å². The predicted octanol–water partition coefficient (Wildman–Crippen LogP) is 1.30. The highest BCUT2D eigenvalue weighted by Gasteiger charge is 2.31. The maximum absolute atomic E-state index is 14.4. The largest absolute Gasteiger partial charge is 0.409 e. The van der Waals surface area contributed by atoms with Gasteiger partial charge in [-0.25, -0.2) is 4.39 Å². The molecule has 2 atom stereocenters. The summed E-state index contributed by atoms with van der Waals surface area (Å²) in [6.07, 6.45) is 0. The van der Waals surface area contributed by atoms with E-state index < -0.39 is 5.82 Å². The zero-order chi connectivity index (χ0) is 15.6. The van der Waals surface area contributed by atoms with Gasteiger partial charge in [-0.2, -0.15) is 0 Å². The van der Waals surface area contributed by atoms with Crippen molar-refractivity contribution in [1.82, 2.24) is 9.80 Å². The monoisotopic (exact) mass is 294 g/mol. The van der Waals surface area contributed by atoms with E-state index in [1.165, 1.54) is 6.07 Å². The Labute approximate surface area is 124 Å². The van der Waals surface area contributed by atoms with Crippen molar-refractivity contribution in [2.45, 2.75) is 19.5 Å². The standard InChI is InChI=1S/C15H23FN4O/c1-10-7-20(9-13(10)19(2)3)8-11-5-4-6-12(14(11)16)15(17)18-21/h4-6,10,13,21H,7-9H2,1-3H3,(H2,17,18). The van der Waals surface area contributed by atoms with Gasteiger partial charge < -0.3 is 15.8 Å². The number of nitrogens with two attached hydrogens (primary N) is 1. The summed E-state index contributed by atoms with van der Waals surface area (Å²) in [7, 11) is 4.15. The van der Waals surface area contributed by atoms with Gasteiger partial charge in [0, 0.05) is 31.2 Å². The first-order chi connectivity index (χ1) is 9.93. The predicted molar refractivity (Wildman–Crippen MR) is 80.8 cm³/mol. The maximum atomic E-state index is 14.4. The average molecular weight is 294 g/mol. The lowest BCUT2D eigenvalue weighted by molar-refractivity contribution is 0.249. The first kappa shape index (κ1) is 15.7. The summed E-state index contributed by atoms with van der Waals surface area (Å²) in [5.74, 6) is -0.0561. The second-order valence-corrected chi connectivity index (χ2v) is 5.97. The van der Waals surface area contributed by atoms with Crippen LogP contribution in [0.5, 0.6) is 0 Å². The van der Waals surface area contributed by atoms with Crippen LogP contribution in [-0.4, -0.2) is 54.1 Å². The summed E-state index contributed by atoms with van der Waals surface area (Å²) in [5.41, 5.74) is 6.22. The van der Waals surface area contributed by atoms with Crippen LogP contribution in [0.4, 0.5) is 4.39 Å². The highest BCUT2D eigenvalue weighted by molar-refractivity contribution is 5.97. The third kappa shape index (κ3) is 3.33. The van der Waals surface area contributed by atoms with E-state index in [0.717, 1.165) is 13.1 Å². The number of likely N-dealkylation sites (N-methyl/N-ethyl adjacent to an activating group) is 1. The molecule has 1 saturated heterocycles. The second-order valence-electron chi connectivity index (χ2n) is 5.97. The number of benzene rings is 1. The lowest BCUT2D eigenvalue weighted by Gasteiger charge is -2.22. The number of halogens is 1. The van der Waals surface area contributed by atoms with Crippen LogP contribution in [0.1, 0.15) is 18.1 Å². The lowest BCUT2D eigenvalue weighted by Crippen LogP contribution is -2.34. The van der Waals surface area contributed by atoms with Crippen molar-refractivity contribution in [2.24, 2.45) is 16.8 Å². The van der Waals surface area contributed by atoms with E-state index in [-0.39, 0.29) is 11.4 Å². The van der Waals surface area contributed by atoms with E-state index in [2.05, 4.69) is 36.0 Å². The molecular weight excluding hydrogens is 271 g/mol. The average Bonchev–Trinajstić information content (AvgIpc) is 2.81. The van der Waals surface area contributed by atoms with Crippen LogP contribution in [0.15, 0.2) is 23.4 Å². The first-order valence-corrected chi connectivity index (χ1v) is 7.08. The van der Waals surface area contributed by atoms with Gasteiger partial charge in [-0.3, -0.25) is 4.90 Å². The molecule has 21 heavy (non-hydrogen) atoms. The SMILES string of the molecule is CC1CN(Cc2cccc(/C(N)=N/O)c2F)CC1N(C)C. The third-order valence-electron chi connectivity index (χ3n) is 4.17. The fraction of sp³-hybridized carbons (Fsp3) is 0.533. The minimum atomic E-state index is -0.409. The number of hydrogen-bond acceptors (Lipinski definition) is 4. The van der Waals surface area contributed by atoms with Crippen LogP contribution in [-0.2, 0) is 6.54 Å². The number of amidine groups is 1. The van der Waals surface area contributed by atoms with Crippen LogP contribution in [0.2, 0.25) is 0 Å². The fourth-order valence-corrected chi connectivity index (χ4v) is 3.04. The van der Waals surface area contributed by atoms with Gasteiger partial charge in [-0.1, -0.05) is 24.2 Å². The summed E-state index contributed by atoms with van der Waals surface area (Å²) < 4.78 is 14.4. The number of likely N-dealkylation sites (tertiary alicyclic amines) is 1. The van der Waals surface area contributed by atoms with E-state index in [9.17, 15) is 4.39 Å². The van der Waals surface area contributed by atoms with Crippen LogP contribution in [0.25, 0.3) is 0 Å². The topological polar surface area (TPSA) is 65.1 Å². The van der Waals surface area contributed by atoms with Crippen molar-refractivity contribution in [3.05, 3.63) is 35.1 Å². The Bertz CT molecular complexity index is 532. The molecule has 0 spiro atoms. The molecule has 116 valence electrons. The molecule has 2 rings (SSSR count). The molecule has 6 heteroatoms. The number of oxime groups is 1. The Balaban J connectivity index is 2.15. The normalized spacial score (nSPS) is 24.0. The lowest BCUT2D eigenvalue weighted by atomic mass is 10.1. The van der Waals surface area contributed by atoms with Gasteiger partial charge in [0.05, 0.1) is 5.56 Å². The quantitative estimate of drug-likeness (QED) is 0.380. The molecule has 0 amide bonds. The van der Waals surface area contributed by atoms with Crippen molar-refractivity contribution in [1.29, 1.82) is 0 Å². The first-order valence-electron chi connectivity index (χ1n) is 7.08. The molecule has 1 aromatic carbocycles. The van der Waals surface area contributed by atoms with Crippen LogP contribution in [0.3, 0.4) is 0 Å². The van der Waals surface area contributed by atoms with E-state index >= 15 is 0 Å². The fourth-order valence-electron chi connectivity index (χ4n) is 3.04. The van der Waals surface area contributed by atoms with Crippen LogP contribution >= 0.6 is 0 Å². The molecule has 3 N–H and O–H groups in total. The van der Waals surface area contributed by atoms with E-state index in [1.54, 1.807) is 12.1 Å². The smallest absolute Gasteiger partial charge is 0.173 e. The highest BCUT2D eigenvalue weighted by Crippen LogP contribution is 2.23. The Morgan fingerprint density at radius 1 is 1.48 bits per heavy atom. The molecule has 1 aliphatic heterocycles. The molecule has 1 heterocycles. The van der Waals surface area contributed by atoms with E-state index in [1.807, 2.05) is 0 Å². The Morgan fingerprint density at radius 2 is 2.19 bits per heavy atom. The van der Waals surface area contributed by atoms with Crippen molar-refractivity contribution in [3.8, 4) is 0 Å². The second kappa shape index (κ2) is 6.41. The molecule has 0 aliphatic carbocycles. The summed E-state index contributed by atoms with van der Waals surface area (Å²) in [6, 6.07) is 5.48. The van der Waals surface area contributed by atoms with Crippen molar-refractivity contribution in [3.63, 3.8) is 0 Å². The summed E-state index contributed by atoms with van der Waals surface area (Å²) in [6.45, 7) is 4.61. The van der Waals surface area contributed by atoms with Crippen molar-refractivity contribution in [2.75, 3.05) is 27.2 Å². The Morgan fingerprint density at radius 3 is 2.76 bits per heavy atom. The summed E-state index contributed by atoms with van der Waals surface area (Å²) in [4.78, 5) is 4.46. The molecule has 1 aromatic rings. The van der Waals surface area contributed by atoms with E-state index in [0.29, 0.717) is 24.1 Å². The van der Waals surface area contributed by atoms with Crippen molar-refractivity contribution < 1.29 is 9.60 Å². The third-order valence-corrected chi connectivity index (χ3v) is 4.17. The zero-order valence-electron chi connectivity index (χ0n) is 12.8. The van der Waals surface area contributed by atoms with Crippen LogP contribution < -0.4 is 5.73 Å². The molecule has 1 fully saturated rings. The zero-order valence-corrected chi connectivity index (χ0v) is 12.8. The molecule has 5 nitrogen and oxygen atoms in total. The molecule has 2 unspecified atom stereocenters. The Kier molecular flexibility index (Phi) is 4.80. The number of nitrogens with zero attached hydrogens (tertiary/aromatic N) is 3. The minimum Gasteiger partial charge on any atom is -0.409 e. The van der Waals surface area contributed by atoms with Gasteiger partial charge in [0.2, 0.25) is 0 Å². The molecule has 0 saturated carbocycles. The Hall–Kier alpha value is -1.66. The van der Waals surface area contributed by atoms with Gasteiger partial charge in [0.1, 0.15) is 5.82 Å². The van der Waals surface area contributed by atoms with Gasteiger partial charge >= 0.3 is 0 Å². The number of hydrogen-bond donors (Lipinski definition) is 2. The molecular formula is C15H23FN4O. The maximum Gasteiger partial charge on any atom is 0.173 e. The van der Waals surface area contributed by atoms with Gasteiger partial charge in [0.15, 0.2) is 5.84 Å². The van der Waals surface area contributed by atoms with Crippen LogP contribution in [0, 0.1) is 11.7 Å². The highest BCUT2D eigenvalue weighted by atomic mass is 19.1. The molecule has 0 radical (unpaired) electrons. The number of rotatable bonds is 4. The van der Waals surface area contributed by atoms with E-state index in [4.69, 9.17) is 10.9 Å². The molecule has 1 aliphatic rings.